The van der Waals surface area contributed by atoms with Gasteiger partial charge in [0, 0.05) is 6.42 Å². The average molecular weight is 158 g/mol. The Morgan fingerprint density at radius 1 is 1.36 bits per heavy atom. The summed E-state index contributed by atoms with van der Waals surface area (Å²) in [6.07, 6.45) is 2.26. The molecule has 0 aromatic carbocycles. The second-order valence-electron chi connectivity index (χ2n) is 3.67. The van der Waals surface area contributed by atoms with Crippen molar-refractivity contribution in [1.29, 1.82) is 0 Å². The van der Waals surface area contributed by atoms with Crippen molar-refractivity contribution in [3.8, 4) is 0 Å². The number of rotatable bonds is 5. The third-order valence-corrected chi connectivity index (χ3v) is 1.72. The third kappa shape index (κ3) is 7.37. The maximum Gasteiger partial charge on any atom is 0.303 e. The fraction of sp³-hybridized carbons (Fsp3) is 0.889. The minimum absolute atomic E-state index is 0.313. The lowest BCUT2D eigenvalue weighted by molar-refractivity contribution is -0.137. The van der Waals surface area contributed by atoms with E-state index in [0.29, 0.717) is 18.3 Å². The molecule has 66 valence electrons. The van der Waals surface area contributed by atoms with Crippen molar-refractivity contribution in [2.45, 2.75) is 40.0 Å². The Balaban J connectivity index is 3.37. The Bertz CT molecular complexity index is 119. The van der Waals surface area contributed by atoms with Crippen LogP contribution in [0.2, 0.25) is 0 Å². The number of carbonyl (C=O) groups is 1. The summed E-state index contributed by atoms with van der Waals surface area (Å²) < 4.78 is 0. The molecule has 0 amide bonds. The van der Waals surface area contributed by atoms with E-state index in [1.807, 2.05) is 0 Å². The van der Waals surface area contributed by atoms with E-state index in [1.54, 1.807) is 0 Å². The van der Waals surface area contributed by atoms with Crippen LogP contribution in [0.1, 0.15) is 40.0 Å². The van der Waals surface area contributed by atoms with Crippen molar-refractivity contribution in [3.05, 3.63) is 0 Å². The van der Waals surface area contributed by atoms with Gasteiger partial charge in [-0.25, -0.2) is 0 Å². The van der Waals surface area contributed by atoms with E-state index in [-0.39, 0.29) is 0 Å². The molecule has 0 spiro atoms. The van der Waals surface area contributed by atoms with E-state index in [0.717, 1.165) is 12.8 Å². The Labute approximate surface area is 68.6 Å². The first kappa shape index (κ1) is 10.5. The van der Waals surface area contributed by atoms with Gasteiger partial charge in [-0.05, 0) is 24.7 Å². The second-order valence-corrected chi connectivity index (χ2v) is 3.67. The smallest absolute Gasteiger partial charge is 0.303 e. The maximum atomic E-state index is 10.2. The highest BCUT2D eigenvalue weighted by Crippen LogP contribution is 2.15. The van der Waals surface area contributed by atoms with Gasteiger partial charge >= 0.3 is 5.97 Å². The Hall–Kier alpha value is -0.530. The van der Waals surface area contributed by atoms with Crippen molar-refractivity contribution in [3.63, 3.8) is 0 Å². The molecule has 0 saturated heterocycles. The predicted molar refractivity (Wildman–Crippen MR) is 45.5 cm³/mol. The van der Waals surface area contributed by atoms with Gasteiger partial charge in [0.15, 0.2) is 0 Å². The van der Waals surface area contributed by atoms with Crippen LogP contribution in [0.4, 0.5) is 0 Å². The summed E-state index contributed by atoms with van der Waals surface area (Å²) in [5.41, 5.74) is 0. The van der Waals surface area contributed by atoms with Crippen molar-refractivity contribution in [2.75, 3.05) is 0 Å². The van der Waals surface area contributed by atoms with Crippen LogP contribution in [0.15, 0.2) is 0 Å². The van der Waals surface area contributed by atoms with E-state index in [9.17, 15) is 4.79 Å². The normalized spacial score (nSPS) is 13.5. The zero-order valence-corrected chi connectivity index (χ0v) is 7.63. The lowest BCUT2D eigenvalue weighted by atomic mass is 9.95. The first-order valence-electron chi connectivity index (χ1n) is 4.24. The Kier molecular flexibility index (Phi) is 4.92. The van der Waals surface area contributed by atoms with Gasteiger partial charge in [-0.3, -0.25) is 4.79 Å². The van der Waals surface area contributed by atoms with Gasteiger partial charge in [0.1, 0.15) is 0 Å². The lowest BCUT2D eigenvalue weighted by Crippen LogP contribution is -2.03. The van der Waals surface area contributed by atoms with Crippen LogP contribution >= 0.6 is 0 Å². The predicted octanol–water partition coefficient (Wildman–Crippen LogP) is 2.53. The zero-order chi connectivity index (χ0) is 8.85. The minimum atomic E-state index is -0.680. The number of aliphatic carboxylic acids is 1. The van der Waals surface area contributed by atoms with Gasteiger partial charge in [0.25, 0.3) is 0 Å². The summed E-state index contributed by atoms with van der Waals surface area (Å²) in [4.78, 5) is 10.2. The van der Waals surface area contributed by atoms with Gasteiger partial charge in [0.2, 0.25) is 0 Å². The van der Waals surface area contributed by atoms with E-state index < -0.39 is 5.97 Å². The van der Waals surface area contributed by atoms with Crippen LogP contribution in [-0.4, -0.2) is 11.1 Å². The molecule has 0 bridgehead atoms. The summed E-state index contributed by atoms with van der Waals surface area (Å²) in [6.45, 7) is 6.44. The molecule has 0 rings (SSSR count). The molecular formula is C9H18O2. The van der Waals surface area contributed by atoms with Gasteiger partial charge in [-0.15, -0.1) is 0 Å². The highest BCUT2D eigenvalue weighted by atomic mass is 16.4. The molecule has 0 aromatic heterocycles. The lowest BCUT2D eigenvalue weighted by Gasteiger charge is -2.11. The molecule has 1 atom stereocenters. The molecular weight excluding hydrogens is 140 g/mol. The molecule has 0 aliphatic heterocycles. The van der Waals surface area contributed by atoms with E-state index >= 15 is 0 Å². The molecule has 0 aliphatic rings. The Morgan fingerprint density at radius 2 is 1.91 bits per heavy atom. The molecule has 0 saturated carbocycles. The summed E-state index contributed by atoms with van der Waals surface area (Å²) in [6, 6.07) is 0. The van der Waals surface area contributed by atoms with E-state index in [1.165, 1.54) is 0 Å². The minimum Gasteiger partial charge on any atom is -0.481 e. The third-order valence-electron chi connectivity index (χ3n) is 1.72. The molecule has 0 aromatic rings. The SMILES string of the molecule is CC(C)CC(C)CCC(=O)O. The van der Waals surface area contributed by atoms with Crippen molar-refractivity contribution in [1.82, 2.24) is 0 Å². The number of carboxylic acid groups (broad SMARTS) is 1. The molecule has 2 heteroatoms. The van der Waals surface area contributed by atoms with Crippen LogP contribution < -0.4 is 0 Å². The van der Waals surface area contributed by atoms with Gasteiger partial charge in [-0.1, -0.05) is 20.8 Å². The second kappa shape index (κ2) is 5.16. The monoisotopic (exact) mass is 158 g/mol. The highest BCUT2D eigenvalue weighted by molar-refractivity contribution is 5.66. The van der Waals surface area contributed by atoms with Gasteiger partial charge < -0.3 is 5.11 Å². The zero-order valence-electron chi connectivity index (χ0n) is 7.63. The topological polar surface area (TPSA) is 37.3 Å². The molecule has 0 heterocycles. The fourth-order valence-electron chi connectivity index (χ4n) is 1.29. The van der Waals surface area contributed by atoms with Crippen LogP contribution in [0, 0.1) is 11.8 Å². The average Bonchev–Trinajstić information content (AvgIpc) is 1.82. The first-order chi connectivity index (χ1) is 5.02. The van der Waals surface area contributed by atoms with E-state index in [2.05, 4.69) is 20.8 Å². The molecule has 0 aliphatic carbocycles. The fourth-order valence-corrected chi connectivity index (χ4v) is 1.29. The van der Waals surface area contributed by atoms with Crippen molar-refractivity contribution >= 4 is 5.97 Å². The van der Waals surface area contributed by atoms with Crippen molar-refractivity contribution < 1.29 is 9.90 Å². The summed E-state index contributed by atoms with van der Waals surface area (Å²) in [5.74, 6) is 0.547. The van der Waals surface area contributed by atoms with E-state index in [4.69, 9.17) is 5.11 Å². The molecule has 2 nitrogen and oxygen atoms in total. The number of hydrogen-bond acceptors (Lipinski definition) is 1. The van der Waals surface area contributed by atoms with Crippen LogP contribution in [-0.2, 0) is 4.79 Å². The summed E-state index contributed by atoms with van der Waals surface area (Å²) >= 11 is 0. The number of carboxylic acids is 1. The van der Waals surface area contributed by atoms with Gasteiger partial charge in [-0.2, -0.15) is 0 Å². The molecule has 1 N–H and O–H groups in total. The summed E-state index contributed by atoms with van der Waals surface area (Å²) in [5, 5.41) is 8.40. The van der Waals surface area contributed by atoms with Crippen molar-refractivity contribution in [2.24, 2.45) is 11.8 Å². The van der Waals surface area contributed by atoms with Crippen LogP contribution in [0.3, 0.4) is 0 Å². The molecule has 0 fully saturated rings. The number of hydrogen-bond donors (Lipinski definition) is 1. The maximum absolute atomic E-state index is 10.2. The van der Waals surface area contributed by atoms with Crippen LogP contribution in [0.25, 0.3) is 0 Å². The first-order valence-corrected chi connectivity index (χ1v) is 4.24. The summed E-state index contributed by atoms with van der Waals surface area (Å²) in [7, 11) is 0. The standard InChI is InChI=1S/C9H18O2/c1-7(2)6-8(3)4-5-9(10)11/h7-8H,4-6H2,1-3H3,(H,10,11). The Morgan fingerprint density at radius 3 is 2.27 bits per heavy atom. The quantitative estimate of drug-likeness (QED) is 0.667. The molecule has 11 heavy (non-hydrogen) atoms. The molecule has 0 radical (unpaired) electrons. The van der Waals surface area contributed by atoms with Gasteiger partial charge in [0.05, 0.1) is 0 Å². The van der Waals surface area contributed by atoms with Crippen LogP contribution in [0.5, 0.6) is 0 Å². The largest absolute Gasteiger partial charge is 0.481 e. The highest BCUT2D eigenvalue weighted by Gasteiger charge is 2.06. The molecule has 1 unspecified atom stereocenters.